The summed E-state index contributed by atoms with van der Waals surface area (Å²) < 4.78 is 37.3. The highest BCUT2D eigenvalue weighted by Gasteiger charge is 2.32. The second-order valence-electron chi connectivity index (χ2n) is 7.84. The number of piperidine rings is 1. The fourth-order valence-electron chi connectivity index (χ4n) is 3.36. The largest absolute Gasteiger partial charge is 0.401 e. The van der Waals surface area contributed by atoms with E-state index >= 15 is 0 Å². The SMILES string of the molecule is CN=C(NCCC1CCN(CC(F)(F)F)CC1)NCC(C)(C)c1cccs1.I. The zero-order valence-corrected chi connectivity index (χ0v) is 20.0. The average Bonchev–Trinajstić information content (AvgIpc) is 3.13. The van der Waals surface area contributed by atoms with Crippen LogP contribution in [0.5, 0.6) is 0 Å². The summed E-state index contributed by atoms with van der Waals surface area (Å²) in [6.45, 7) is 6.25. The van der Waals surface area contributed by atoms with Gasteiger partial charge < -0.3 is 10.6 Å². The molecule has 1 aromatic heterocycles. The van der Waals surface area contributed by atoms with Crippen molar-refractivity contribution in [3.8, 4) is 0 Å². The van der Waals surface area contributed by atoms with Gasteiger partial charge in [-0.1, -0.05) is 19.9 Å². The van der Waals surface area contributed by atoms with E-state index in [4.69, 9.17) is 0 Å². The van der Waals surface area contributed by atoms with Crippen LogP contribution in [0.1, 0.15) is 38.0 Å². The van der Waals surface area contributed by atoms with E-state index in [-0.39, 0.29) is 29.4 Å². The fraction of sp³-hybridized carbons (Fsp3) is 0.737. The van der Waals surface area contributed by atoms with Gasteiger partial charge in [0.15, 0.2) is 5.96 Å². The van der Waals surface area contributed by atoms with E-state index in [1.165, 1.54) is 9.78 Å². The number of alkyl halides is 3. The van der Waals surface area contributed by atoms with Crippen LogP contribution in [0.15, 0.2) is 22.5 Å². The lowest BCUT2D eigenvalue weighted by atomic mass is 9.91. The van der Waals surface area contributed by atoms with Gasteiger partial charge >= 0.3 is 6.18 Å². The number of hydrogen-bond acceptors (Lipinski definition) is 3. The van der Waals surface area contributed by atoms with Gasteiger partial charge in [0.25, 0.3) is 0 Å². The Bertz CT molecular complexity index is 582. The smallest absolute Gasteiger partial charge is 0.356 e. The fourth-order valence-corrected chi connectivity index (χ4v) is 4.21. The third-order valence-electron chi connectivity index (χ3n) is 5.06. The van der Waals surface area contributed by atoms with E-state index in [9.17, 15) is 13.2 Å². The first-order valence-corrected chi connectivity index (χ1v) is 10.4. The Balaban J connectivity index is 0.00000392. The number of aliphatic imine (C=N–C) groups is 1. The maximum absolute atomic E-state index is 12.4. The first-order chi connectivity index (χ1) is 12.7. The maximum Gasteiger partial charge on any atom is 0.401 e. The molecule has 2 N–H and O–H groups in total. The van der Waals surface area contributed by atoms with Crippen LogP contribution in [0.25, 0.3) is 0 Å². The Morgan fingerprint density at radius 3 is 2.46 bits per heavy atom. The Morgan fingerprint density at radius 2 is 1.93 bits per heavy atom. The molecule has 28 heavy (non-hydrogen) atoms. The van der Waals surface area contributed by atoms with E-state index in [2.05, 4.69) is 47.0 Å². The van der Waals surface area contributed by atoms with Gasteiger partial charge in [0.2, 0.25) is 0 Å². The van der Waals surface area contributed by atoms with Crippen molar-refractivity contribution in [3.63, 3.8) is 0 Å². The number of halogens is 4. The minimum Gasteiger partial charge on any atom is -0.356 e. The van der Waals surface area contributed by atoms with Crippen LogP contribution in [0.4, 0.5) is 13.2 Å². The van der Waals surface area contributed by atoms with Crippen LogP contribution in [0.3, 0.4) is 0 Å². The van der Waals surface area contributed by atoms with Gasteiger partial charge in [0.1, 0.15) is 0 Å². The first-order valence-electron chi connectivity index (χ1n) is 9.47. The van der Waals surface area contributed by atoms with Gasteiger partial charge in [0.05, 0.1) is 6.54 Å². The lowest BCUT2D eigenvalue weighted by Gasteiger charge is -2.32. The van der Waals surface area contributed by atoms with Crippen molar-refractivity contribution in [2.24, 2.45) is 10.9 Å². The number of nitrogens with zero attached hydrogens (tertiary/aromatic N) is 2. The quantitative estimate of drug-likeness (QED) is 0.309. The molecule has 1 fully saturated rings. The minimum absolute atomic E-state index is 0. The summed E-state index contributed by atoms with van der Waals surface area (Å²) in [7, 11) is 1.75. The molecule has 1 saturated heterocycles. The molecular formula is C19H32F3IN4S. The Morgan fingerprint density at radius 1 is 1.25 bits per heavy atom. The van der Waals surface area contributed by atoms with E-state index in [0.717, 1.165) is 38.3 Å². The summed E-state index contributed by atoms with van der Waals surface area (Å²) in [5.41, 5.74) is 0.0249. The molecule has 1 aliphatic rings. The van der Waals surface area contributed by atoms with Gasteiger partial charge in [-0.25, -0.2) is 0 Å². The molecule has 1 aliphatic heterocycles. The third-order valence-corrected chi connectivity index (χ3v) is 6.30. The summed E-state index contributed by atoms with van der Waals surface area (Å²) in [4.78, 5) is 7.11. The second-order valence-corrected chi connectivity index (χ2v) is 8.78. The molecule has 0 unspecified atom stereocenters. The van der Waals surface area contributed by atoms with Crippen molar-refractivity contribution in [1.82, 2.24) is 15.5 Å². The van der Waals surface area contributed by atoms with E-state index in [0.29, 0.717) is 19.0 Å². The van der Waals surface area contributed by atoms with Crippen LogP contribution in [-0.4, -0.2) is 56.8 Å². The van der Waals surface area contributed by atoms with Crippen LogP contribution in [-0.2, 0) is 5.41 Å². The summed E-state index contributed by atoms with van der Waals surface area (Å²) in [5, 5.41) is 8.80. The lowest BCUT2D eigenvalue weighted by Crippen LogP contribution is -2.44. The monoisotopic (exact) mass is 532 g/mol. The number of likely N-dealkylation sites (tertiary alicyclic amines) is 1. The molecule has 0 spiro atoms. The molecule has 0 radical (unpaired) electrons. The number of nitrogens with one attached hydrogen (secondary N) is 2. The maximum atomic E-state index is 12.4. The average molecular weight is 532 g/mol. The molecule has 1 aromatic rings. The van der Waals surface area contributed by atoms with Crippen LogP contribution in [0.2, 0.25) is 0 Å². The molecule has 0 bridgehead atoms. The predicted molar refractivity (Wildman–Crippen MR) is 122 cm³/mol. The second kappa shape index (κ2) is 11.6. The van der Waals surface area contributed by atoms with Crippen molar-refractivity contribution in [1.29, 1.82) is 0 Å². The molecule has 4 nitrogen and oxygen atoms in total. The van der Waals surface area contributed by atoms with Crippen molar-refractivity contribution in [3.05, 3.63) is 22.4 Å². The number of guanidine groups is 1. The predicted octanol–water partition coefficient (Wildman–Crippen LogP) is 4.47. The molecule has 0 amide bonds. The van der Waals surface area contributed by atoms with Gasteiger partial charge in [0, 0.05) is 30.4 Å². The van der Waals surface area contributed by atoms with Gasteiger partial charge in [-0.3, -0.25) is 9.89 Å². The summed E-state index contributed by atoms with van der Waals surface area (Å²) in [6.07, 6.45) is -1.48. The van der Waals surface area contributed by atoms with Crippen molar-refractivity contribution in [2.75, 3.05) is 39.8 Å². The molecule has 2 rings (SSSR count). The molecule has 162 valence electrons. The highest BCUT2D eigenvalue weighted by molar-refractivity contribution is 14.0. The Hall–Kier alpha value is -0.550. The zero-order chi connectivity index (χ0) is 19.9. The highest BCUT2D eigenvalue weighted by Crippen LogP contribution is 2.26. The molecule has 2 heterocycles. The van der Waals surface area contributed by atoms with E-state index in [1.807, 2.05) is 0 Å². The normalized spacial score (nSPS) is 17.3. The molecule has 9 heteroatoms. The Kier molecular flexibility index (Phi) is 10.5. The third kappa shape index (κ3) is 8.86. The van der Waals surface area contributed by atoms with Crippen molar-refractivity contribution >= 4 is 41.3 Å². The van der Waals surface area contributed by atoms with Gasteiger partial charge in [-0.15, -0.1) is 35.3 Å². The van der Waals surface area contributed by atoms with Crippen molar-refractivity contribution in [2.45, 2.75) is 44.7 Å². The molecule has 0 aromatic carbocycles. The van der Waals surface area contributed by atoms with E-state index < -0.39 is 12.7 Å². The molecule has 0 aliphatic carbocycles. The number of rotatable bonds is 7. The van der Waals surface area contributed by atoms with Crippen LogP contribution < -0.4 is 10.6 Å². The van der Waals surface area contributed by atoms with Crippen LogP contribution in [0, 0.1) is 5.92 Å². The lowest BCUT2D eigenvalue weighted by molar-refractivity contribution is -0.148. The highest BCUT2D eigenvalue weighted by atomic mass is 127. The van der Waals surface area contributed by atoms with Crippen molar-refractivity contribution < 1.29 is 13.2 Å². The standard InChI is InChI=1S/C19H31F3N4S.HI/c1-18(2,16-5-4-12-27-16)13-25-17(23-3)24-9-6-15-7-10-26(11-8-15)14-19(20,21)22;/h4-5,12,15H,6-11,13-14H2,1-3H3,(H2,23,24,25);1H. The minimum atomic E-state index is -4.09. The summed E-state index contributed by atoms with van der Waals surface area (Å²) in [6, 6.07) is 4.21. The molecule has 0 atom stereocenters. The first kappa shape index (κ1) is 25.5. The molecule has 0 saturated carbocycles. The summed E-state index contributed by atoms with van der Waals surface area (Å²) >= 11 is 1.75. The number of thiophene rings is 1. The number of hydrogen-bond donors (Lipinski definition) is 2. The Labute approximate surface area is 187 Å². The van der Waals surface area contributed by atoms with E-state index in [1.54, 1.807) is 18.4 Å². The summed E-state index contributed by atoms with van der Waals surface area (Å²) in [5.74, 6) is 1.25. The zero-order valence-electron chi connectivity index (χ0n) is 16.8. The molecular weight excluding hydrogens is 500 g/mol. The topological polar surface area (TPSA) is 39.7 Å². The van der Waals surface area contributed by atoms with Gasteiger partial charge in [-0.05, 0) is 49.7 Å². The van der Waals surface area contributed by atoms with Gasteiger partial charge in [-0.2, -0.15) is 13.2 Å². The van der Waals surface area contributed by atoms with Crippen LogP contribution >= 0.6 is 35.3 Å².